The average molecular weight is 375 g/mol. The number of carbonyl (C=O) groups excluding carboxylic acids is 1. The number of aromatic nitrogens is 1. The molecule has 0 saturated carbocycles. The minimum atomic E-state index is -0.224. The number of aryl methyl sites for hydroxylation is 3. The third-order valence-electron chi connectivity index (χ3n) is 3.76. The van der Waals surface area contributed by atoms with Crippen LogP contribution in [0, 0.1) is 13.8 Å². The van der Waals surface area contributed by atoms with Gasteiger partial charge in [-0.25, -0.2) is 0 Å². The van der Waals surface area contributed by atoms with Crippen LogP contribution in [0.3, 0.4) is 0 Å². The van der Waals surface area contributed by atoms with Crippen LogP contribution >= 0.6 is 27.3 Å². The van der Waals surface area contributed by atoms with E-state index in [4.69, 9.17) is 0 Å². The number of benzene rings is 2. The smallest absolute Gasteiger partial charge is 0.279 e. The van der Waals surface area contributed by atoms with E-state index in [0.29, 0.717) is 10.4 Å². The van der Waals surface area contributed by atoms with E-state index in [0.717, 1.165) is 14.7 Å². The standard InChI is InChI=1S/C17H15BrN2OS/c1-10-7-8-14-15(11(10)2)20(3)17(22-14)19-16(21)12-5-4-6-13(18)9-12/h4-9H,1-3H3. The SMILES string of the molecule is Cc1ccc2sc(=NC(=O)c3cccc(Br)c3)n(C)c2c1C. The molecule has 0 bridgehead atoms. The van der Waals surface area contributed by atoms with Gasteiger partial charge >= 0.3 is 0 Å². The van der Waals surface area contributed by atoms with E-state index in [2.05, 4.69) is 46.9 Å². The van der Waals surface area contributed by atoms with Crippen LogP contribution in [-0.4, -0.2) is 10.5 Å². The molecule has 0 saturated heterocycles. The summed E-state index contributed by atoms with van der Waals surface area (Å²) in [6.45, 7) is 4.19. The van der Waals surface area contributed by atoms with Gasteiger partial charge in [-0.3, -0.25) is 4.79 Å². The molecule has 112 valence electrons. The number of fused-ring (bicyclic) bond motifs is 1. The molecular formula is C17H15BrN2OS. The van der Waals surface area contributed by atoms with Gasteiger partial charge in [-0.05, 0) is 49.2 Å². The number of thiazole rings is 1. The molecule has 22 heavy (non-hydrogen) atoms. The fraction of sp³-hybridized carbons (Fsp3) is 0.176. The van der Waals surface area contributed by atoms with Crippen LogP contribution in [0.1, 0.15) is 21.5 Å². The summed E-state index contributed by atoms with van der Waals surface area (Å²) in [6.07, 6.45) is 0. The molecule has 1 aromatic heterocycles. The Balaban J connectivity index is 2.16. The second-order valence-electron chi connectivity index (χ2n) is 5.23. The molecule has 0 fully saturated rings. The largest absolute Gasteiger partial charge is 0.319 e. The Hall–Kier alpha value is -1.72. The summed E-state index contributed by atoms with van der Waals surface area (Å²) >= 11 is 4.92. The van der Waals surface area contributed by atoms with Gasteiger partial charge in [-0.2, -0.15) is 4.99 Å². The van der Waals surface area contributed by atoms with Gasteiger partial charge in [0.05, 0.1) is 10.2 Å². The quantitative estimate of drug-likeness (QED) is 0.622. The third kappa shape index (κ3) is 2.66. The van der Waals surface area contributed by atoms with E-state index in [9.17, 15) is 4.79 Å². The molecule has 0 N–H and O–H groups in total. The minimum Gasteiger partial charge on any atom is -0.319 e. The number of hydrogen-bond donors (Lipinski definition) is 0. The first kappa shape index (κ1) is 15.2. The lowest BCUT2D eigenvalue weighted by molar-refractivity contribution is 0.0998. The lowest BCUT2D eigenvalue weighted by Crippen LogP contribution is -2.13. The predicted octanol–water partition coefficient (Wildman–Crippen LogP) is 4.36. The van der Waals surface area contributed by atoms with E-state index in [1.165, 1.54) is 22.5 Å². The number of amides is 1. The highest BCUT2D eigenvalue weighted by Crippen LogP contribution is 2.23. The second kappa shape index (κ2) is 5.82. The highest BCUT2D eigenvalue weighted by atomic mass is 79.9. The van der Waals surface area contributed by atoms with Gasteiger partial charge in [-0.15, -0.1) is 0 Å². The molecule has 5 heteroatoms. The number of rotatable bonds is 1. The highest BCUT2D eigenvalue weighted by molar-refractivity contribution is 9.10. The van der Waals surface area contributed by atoms with E-state index < -0.39 is 0 Å². The molecule has 3 nitrogen and oxygen atoms in total. The first-order chi connectivity index (χ1) is 10.5. The van der Waals surface area contributed by atoms with Crippen LogP contribution in [-0.2, 0) is 7.05 Å². The van der Waals surface area contributed by atoms with Crippen molar-refractivity contribution in [3.05, 3.63) is 62.4 Å². The van der Waals surface area contributed by atoms with Crippen molar-refractivity contribution >= 4 is 43.4 Å². The molecule has 0 aliphatic carbocycles. The van der Waals surface area contributed by atoms with Crippen molar-refractivity contribution in [2.45, 2.75) is 13.8 Å². The maximum atomic E-state index is 12.4. The van der Waals surface area contributed by atoms with Crippen molar-refractivity contribution in [1.82, 2.24) is 4.57 Å². The number of hydrogen-bond acceptors (Lipinski definition) is 2. The normalized spacial score (nSPS) is 12.1. The Kier molecular flexibility index (Phi) is 4.02. The zero-order chi connectivity index (χ0) is 15.9. The summed E-state index contributed by atoms with van der Waals surface area (Å²) in [4.78, 5) is 17.4. The summed E-state index contributed by atoms with van der Waals surface area (Å²) in [5.74, 6) is -0.224. The molecular weight excluding hydrogens is 360 g/mol. The lowest BCUT2D eigenvalue weighted by atomic mass is 10.1. The second-order valence-corrected chi connectivity index (χ2v) is 7.15. The van der Waals surface area contributed by atoms with Gasteiger partial charge < -0.3 is 4.57 Å². The Labute approximate surface area is 141 Å². The topological polar surface area (TPSA) is 34.4 Å². The van der Waals surface area contributed by atoms with Crippen LogP contribution in [0.15, 0.2) is 45.9 Å². The molecule has 0 aliphatic heterocycles. The third-order valence-corrected chi connectivity index (χ3v) is 5.35. The lowest BCUT2D eigenvalue weighted by Gasteiger charge is -2.03. The van der Waals surface area contributed by atoms with Gasteiger partial charge in [0, 0.05) is 17.1 Å². The molecule has 0 radical (unpaired) electrons. The van der Waals surface area contributed by atoms with Crippen molar-refractivity contribution in [2.75, 3.05) is 0 Å². The van der Waals surface area contributed by atoms with Crippen LogP contribution in [0.2, 0.25) is 0 Å². The molecule has 0 atom stereocenters. The van der Waals surface area contributed by atoms with Crippen LogP contribution < -0.4 is 4.80 Å². The summed E-state index contributed by atoms with van der Waals surface area (Å²) in [5, 5.41) is 0. The number of carbonyl (C=O) groups is 1. The zero-order valence-corrected chi connectivity index (χ0v) is 15.0. The van der Waals surface area contributed by atoms with Crippen LogP contribution in [0.4, 0.5) is 0 Å². The first-order valence-electron chi connectivity index (χ1n) is 6.88. The van der Waals surface area contributed by atoms with E-state index in [1.807, 2.05) is 23.7 Å². The van der Waals surface area contributed by atoms with Gasteiger partial charge in [0.15, 0.2) is 4.80 Å². The number of halogens is 1. The fourth-order valence-electron chi connectivity index (χ4n) is 2.41. The van der Waals surface area contributed by atoms with Crippen molar-refractivity contribution < 1.29 is 4.79 Å². The fourth-order valence-corrected chi connectivity index (χ4v) is 3.88. The summed E-state index contributed by atoms with van der Waals surface area (Å²) in [7, 11) is 1.96. The Morgan fingerprint density at radius 1 is 1.23 bits per heavy atom. The molecule has 3 rings (SSSR count). The van der Waals surface area contributed by atoms with Crippen molar-refractivity contribution in [3.63, 3.8) is 0 Å². The molecule has 3 aromatic rings. The van der Waals surface area contributed by atoms with Gasteiger partial charge in [0.25, 0.3) is 5.91 Å². The number of nitrogens with zero attached hydrogens (tertiary/aromatic N) is 2. The minimum absolute atomic E-state index is 0.224. The van der Waals surface area contributed by atoms with Crippen molar-refractivity contribution in [3.8, 4) is 0 Å². The molecule has 1 heterocycles. The van der Waals surface area contributed by atoms with Crippen molar-refractivity contribution in [2.24, 2.45) is 12.0 Å². The average Bonchev–Trinajstić information content (AvgIpc) is 2.80. The Morgan fingerprint density at radius 2 is 2.00 bits per heavy atom. The van der Waals surface area contributed by atoms with Gasteiger partial charge in [0.2, 0.25) is 0 Å². The predicted molar refractivity (Wildman–Crippen MR) is 94.3 cm³/mol. The summed E-state index contributed by atoms with van der Waals surface area (Å²) in [5.41, 5.74) is 4.20. The molecule has 2 aromatic carbocycles. The van der Waals surface area contributed by atoms with Crippen LogP contribution in [0.25, 0.3) is 10.2 Å². The molecule has 0 unspecified atom stereocenters. The monoisotopic (exact) mass is 374 g/mol. The molecule has 1 amide bonds. The summed E-state index contributed by atoms with van der Waals surface area (Å²) < 4.78 is 4.02. The van der Waals surface area contributed by atoms with Crippen molar-refractivity contribution in [1.29, 1.82) is 0 Å². The first-order valence-corrected chi connectivity index (χ1v) is 8.48. The highest BCUT2D eigenvalue weighted by Gasteiger charge is 2.10. The van der Waals surface area contributed by atoms with E-state index in [-0.39, 0.29) is 5.91 Å². The van der Waals surface area contributed by atoms with Gasteiger partial charge in [0.1, 0.15) is 0 Å². The van der Waals surface area contributed by atoms with Crippen LogP contribution in [0.5, 0.6) is 0 Å². The van der Waals surface area contributed by atoms with Gasteiger partial charge in [-0.1, -0.05) is 39.4 Å². The molecule has 0 aliphatic rings. The maximum absolute atomic E-state index is 12.4. The zero-order valence-electron chi connectivity index (χ0n) is 12.6. The molecule has 0 spiro atoms. The van der Waals surface area contributed by atoms with E-state index >= 15 is 0 Å². The Bertz CT molecular complexity index is 953. The summed E-state index contributed by atoms with van der Waals surface area (Å²) in [6, 6.07) is 11.5. The Morgan fingerprint density at radius 3 is 2.73 bits per heavy atom. The maximum Gasteiger partial charge on any atom is 0.279 e. The van der Waals surface area contributed by atoms with E-state index in [1.54, 1.807) is 12.1 Å².